The molecule has 1 saturated heterocycles. The molecule has 0 radical (unpaired) electrons. The molecule has 1 aromatic carbocycles. The van der Waals surface area contributed by atoms with Gasteiger partial charge < -0.3 is 14.7 Å². The Kier molecular flexibility index (Phi) is 5.23. The number of nitrogens with zero attached hydrogens (tertiary/aromatic N) is 2. The van der Waals surface area contributed by atoms with Crippen molar-refractivity contribution >= 4 is 17.8 Å². The van der Waals surface area contributed by atoms with Crippen molar-refractivity contribution in [3.63, 3.8) is 0 Å². The van der Waals surface area contributed by atoms with Gasteiger partial charge in [0, 0.05) is 19.5 Å². The number of likely N-dealkylation sites (tertiary alicyclic amines) is 1. The summed E-state index contributed by atoms with van der Waals surface area (Å²) in [5, 5.41) is 9.31. The molecule has 2 rings (SSSR count). The van der Waals surface area contributed by atoms with Crippen molar-refractivity contribution in [1.82, 2.24) is 9.80 Å². The fourth-order valence-corrected chi connectivity index (χ4v) is 2.97. The van der Waals surface area contributed by atoms with Crippen LogP contribution in [0.4, 0.5) is 0 Å². The van der Waals surface area contributed by atoms with Gasteiger partial charge in [0.1, 0.15) is 5.75 Å². The van der Waals surface area contributed by atoms with Crippen LogP contribution in [-0.4, -0.2) is 67.0 Å². The van der Waals surface area contributed by atoms with Crippen LogP contribution in [0.25, 0.3) is 0 Å². The molecule has 1 heterocycles. The van der Waals surface area contributed by atoms with Crippen LogP contribution in [0.5, 0.6) is 5.75 Å². The average Bonchev–Trinajstić information content (AvgIpc) is 2.76. The molecule has 130 valence electrons. The molecule has 1 aliphatic rings. The van der Waals surface area contributed by atoms with Gasteiger partial charge in [0.2, 0.25) is 11.8 Å². The number of benzene rings is 1. The van der Waals surface area contributed by atoms with E-state index in [1.54, 1.807) is 24.3 Å². The van der Waals surface area contributed by atoms with Crippen molar-refractivity contribution in [3.05, 3.63) is 29.8 Å². The van der Waals surface area contributed by atoms with Gasteiger partial charge in [-0.05, 0) is 31.8 Å². The largest absolute Gasteiger partial charge is 0.497 e. The van der Waals surface area contributed by atoms with Crippen molar-refractivity contribution in [3.8, 4) is 5.75 Å². The second kappa shape index (κ2) is 7.00. The van der Waals surface area contributed by atoms with Gasteiger partial charge in [0.15, 0.2) is 0 Å². The van der Waals surface area contributed by atoms with E-state index in [9.17, 15) is 19.5 Å². The summed E-state index contributed by atoms with van der Waals surface area (Å²) in [4.78, 5) is 39.8. The smallest absolute Gasteiger partial charge is 0.304 e. The maximum absolute atomic E-state index is 13.0. The van der Waals surface area contributed by atoms with E-state index < -0.39 is 23.7 Å². The topological polar surface area (TPSA) is 87.2 Å². The van der Waals surface area contributed by atoms with E-state index in [0.29, 0.717) is 17.9 Å². The number of amides is 2. The van der Waals surface area contributed by atoms with Gasteiger partial charge in [-0.3, -0.25) is 19.3 Å². The molecule has 0 aromatic heterocycles. The number of rotatable bonds is 7. The van der Waals surface area contributed by atoms with Crippen LogP contribution in [0.3, 0.4) is 0 Å². The first-order chi connectivity index (χ1) is 11.3. The zero-order chi connectivity index (χ0) is 17.9. The van der Waals surface area contributed by atoms with Crippen LogP contribution < -0.4 is 4.74 Å². The Morgan fingerprint density at radius 2 is 2.08 bits per heavy atom. The van der Waals surface area contributed by atoms with Crippen LogP contribution in [0.2, 0.25) is 0 Å². The van der Waals surface area contributed by atoms with Crippen molar-refractivity contribution in [2.75, 3.05) is 34.3 Å². The molecular formula is C17H22N2O5. The lowest BCUT2D eigenvalue weighted by atomic mass is 9.76. The summed E-state index contributed by atoms with van der Waals surface area (Å²) in [6.07, 6.45) is -0.568. The molecule has 0 aliphatic carbocycles. The predicted molar refractivity (Wildman–Crippen MR) is 86.8 cm³/mol. The van der Waals surface area contributed by atoms with Gasteiger partial charge in [-0.1, -0.05) is 12.1 Å². The van der Waals surface area contributed by atoms with Crippen molar-refractivity contribution in [2.45, 2.75) is 18.3 Å². The number of imide groups is 1. The highest BCUT2D eigenvalue weighted by molar-refractivity contribution is 6.10. The Labute approximate surface area is 140 Å². The Bertz CT molecular complexity index is 658. The van der Waals surface area contributed by atoms with Crippen LogP contribution in [0, 0.1) is 0 Å². The molecule has 0 saturated carbocycles. The molecular weight excluding hydrogens is 312 g/mol. The van der Waals surface area contributed by atoms with Gasteiger partial charge in [0.05, 0.1) is 18.9 Å². The van der Waals surface area contributed by atoms with Gasteiger partial charge >= 0.3 is 5.97 Å². The van der Waals surface area contributed by atoms with E-state index in [0.717, 1.165) is 0 Å². The average molecular weight is 334 g/mol. The number of carboxylic acid groups (broad SMARTS) is 1. The van der Waals surface area contributed by atoms with Crippen LogP contribution >= 0.6 is 0 Å². The van der Waals surface area contributed by atoms with Crippen LogP contribution in [0.15, 0.2) is 24.3 Å². The Morgan fingerprint density at radius 1 is 1.38 bits per heavy atom. The minimum Gasteiger partial charge on any atom is -0.497 e. The monoisotopic (exact) mass is 334 g/mol. The second-order valence-corrected chi connectivity index (χ2v) is 6.22. The standard InChI is InChI=1S/C17H22N2O5/c1-18(2)7-8-19-14(20)10-17(16(19)23,11-15(21)22)12-5-4-6-13(9-12)24-3/h4-6,9H,7-8,10-11H2,1-3H3,(H,21,22). The van der Waals surface area contributed by atoms with E-state index in [2.05, 4.69) is 0 Å². The van der Waals surface area contributed by atoms with Crippen molar-refractivity contribution in [1.29, 1.82) is 0 Å². The normalized spacial score (nSPS) is 20.8. The van der Waals surface area contributed by atoms with E-state index >= 15 is 0 Å². The van der Waals surface area contributed by atoms with E-state index in [1.807, 2.05) is 19.0 Å². The van der Waals surface area contributed by atoms with Gasteiger partial charge in [-0.2, -0.15) is 0 Å². The summed E-state index contributed by atoms with van der Waals surface area (Å²) in [6.45, 7) is 0.773. The summed E-state index contributed by atoms with van der Waals surface area (Å²) < 4.78 is 5.17. The van der Waals surface area contributed by atoms with Crippen molar-refractivity contribution < 1.29 is 24.2 Å². The Balaban J connectivity index is 2.43. The number of carbonyl (C=O) groups is 3. The number of hydrogen-bond acceptors (Lipinski definition) is 5. The lowest BCUT2D eigenvalue weighted by Gasteiger charge is -2.26. The molecule has 7 heteroatoms. The Morgan fingerprint density at radius 3 is 2.67 bits per heavy atom. The lowest BCUT2D eigenvalue weighted by molar-refractivity contribution is -0.145. The summed E-state index contributed by atoms with van der Waals surface area (Å²) in [6, 6.07) is 6.71. The zero-order valence-electron chi connectivity index (χ0n) is 14.1. The van der Waals surface area contributed by atoms with Gasteiger partial charge in [-0.15, -0.1) is 0 Å². The fraction of sp³-hybridized carbons (Fsp3) is 0.471. The number of carboxylic acids is 1. The number of hydrogen-bond donors (Lipinski definition) is 1. The first-order valence-corrected chi connectivity index (χ1v) is 7.66. The fourth-order valence-electron chi connectivity index (χ4n) is 2.97. The summed E-state index contributed by atoms with van der Waals surface area (Å²) >= 11 is 0. The van der Waals surface area contributed by atoms with Gasteiger partial charge in [0.25, 0.3) is 0 Å². The predicted octanol–water partition coefficient (Wildman–Crippen LogP) is 0.728. The molecule has 1 atom stereocenters. The zero-order valence-corrected chi connectivity index (χ0v) is 14.1. The summed E-state index contributed by atoms with van der Waals surface area (Å²) in [7, 11) is 5.18. The summed E-state index contributed by atoms with van der Waals surface area (Å²) in [5.41, 5.74) is -0.876. The second-order valence-electron chi connectivity index (χ2n) is 6.22. The van der Waals surface area contributed by atoms with E-state index in [4.69, 9.17) is 4.74 Å². The number of aliphatic carboxylic acids is 1. The maximum Gasteiger partial charge on any atom is 0.304 e. The third-order valence-corrected chi connectivity index (χ3v) is 4.25. The first kappa shape index (κ1) is 17.9. The molecule has 7 nitrogen and oxygen atoms in total. The molecule has 2 amide bonds. The number of carbonyl (C=O) groups excluding carboxylic acids is 2. The Hall–Kier alpha value is -2.41. The number of methoxy groups -OCH3 is 1. The highest BCUT2D eigenvalue weighted by Gasteiger charge is 2.53. The molecule has 1 fully saturated rings. The summed E-state index contributed by atoms with van der Waals surface area (Å²) in [5.74, 6) is -1.39. The first-order valence-electron chi connectivity index (χ1n) is 7.66. The minimum absolute atomic E-state index is 0.140. The lowest BCUT2D eigenvalue weighted by Crippen LogP contribution is -2.42. The molecule has 1 N–H and O–H groups in total. The molecule has 24 heavy (non-hydrogen) atoms. The third-order valence-electron chi connectivity index (χ3n) is 4.25. The van der Waals surface area contributed by atoms with Crippen LogP contribution in [-0.2, 0) is 19.8 Å². The minimum atomic E-state index is -1.37. The van der Waals surface area contributed by atoms with Crippen molar-refractivity contribution in [2.24, 2.45) is 0 Å². The number of likely N-dealkylation sites (N-methyl/N-ethyl adjacent to an activating group) is 1. The third kappa shape index (κ3) is 3.41. The molecule has 0 spiro atoms. The van der Waals surface area contributed by atoms with Gasteiger partial charge in [-0.25, -0.2) is 0 Å². The molecule has 1 aliphatic heterocycles. The molecule has 1 aromatic rings. The van der Waals surface area contributed by atoms with E-state index in [1.165, 1.54) is 12.0 Å². The number of ether oxygens (including phenoxy) is 1. The van der Waals surface area contributed by atoms with E-state index in [-0.39, 0.29) is 18.9 Å². The highest BCUT2D eigenvalue weighted by atomic mass is 16.5. The molecule has 0 bridgehead atoms. The highest BCUT2D eigenvalue weighted by Crippen LogP contribution is 2.40. The molecule has 1 unspecified atom stereocenters. The maximum atomic E-state index is 13.0. The van der Waals surface area contributed by atoms with Crippen LogP contribution in [0.1, 0.15) is 18.4 Å². The quantitative estimate of drug-likeness (QED) is 0.740. The SMILES string of the molecule is COc1cccc(C2(CC(=O)O)CC(=O)N(CCN(C)C)C2=O)c1.